The summed E-state index contributed by atoms with van der Waals surface area (Å²) in [5, 5.41) is 7.76. The number of carbonyl (C=O) groups excluding carboxylic acids is 2. The summed E-state index contributed by atoms with van der Waals surface area (Å²) in [4.78, 5) is 27.3. The lowest BCUT2D eigenvalue weighted by Crippen LogP contribution is -2.63. The highest BCUT2D eigenvalue weighted by molar-refractivity contribution is 6.07. The highest BCUT2D eigenvalue weighted by Crippen LogP contribution is 2.37. The molecule has 180 valence electrons. The van der Waals surface area contributed by atoms with Gasteiger partial charge < -0.3 is 24.1 Å². The number of hydrogen-bond acceptors (Lipinski definition) is 6. The molecule has 3 aromatic heterocycles. The molecular weight excluding hydrogens is 448 g/mol. The van der Waals surface area contributed by atoms with Crippen LogP contribution in [0.4, 0.5) is 0 Å². The lowest BCUT2D eigenvalue weighted by molar-refractivity contribution is -0.0949. The third-order valence-corrected chi connectivity index (χ3v) is 7.07. The molecule has 0 saturated carbocycles. The molecule has 2 saturated heterocycles. The molecule has 0 atom stereocenters. The van der Waals surface area contributed by atoms with E-state index in [4.69, 9.17) is 13.9 Å². The number of nitrogens with one attached hydrogen (secondary N) is 1. The molecule has 1 aromatic carbocycles. The van der Waals surface area contributed by atoms with Crippen molar-refractivity contribution in [3.05, 3.63) is 59.1 Å². The summed E-state index contributed by atoms with van der Waals surface area (Å²) in [5.74, 6) is 1.46. The Kier molecular flexibility index (Phi) is 4.86. The fraction of sp³-hybridized carbons (Fsp3) is 0.346. The van der Waals surface area contributed by atoms with Crippen molar-refractivity contribution in [3.8, 4) is 11.5 Å². The van der Waals surface area contributed by atoms with E-state index in [1.54, 1.807) is 49.1 Å². The van der Waals surface area contributed by atoms with Crippen LogP contribution in [0, 0.1) is 13.8 Å². The standard InChI is InChI=1S/C26H26N4O5/c1-15-19(25(32)29-13-26(14-29)8-4-10-33-26)12-30-23(15)20(7-9-28-30)35-17-5-6-18-21(11-17)34-16(2)22(18)24(31)27-3/h5-7,9,11-12H,4,8,10,13-14H2,1-3H3,(H,27,31). The van der Waals surface area contributed by atoms with E-state index in [1.165, 1.54) is 0 Å². The first-order valence-corrected chi connectivity index (χ1v) is 11.7. The zero-order valence-corrected chi connectivity index (χ0v) is 19.9. The van der Waals surface area contributed by atoms with Crippen LogP contribution < -0.4 is 10.1 Å². The monoisotopic (exact) mass is 474 g/mol. The molecule has 35 heavy (non-hydrogen) atoms. The Labute approximate surface area is 201 Å². The number of amides is 2. The minimum absolute atomic E-state index is 0.0192. The molecule has 1 N–H and O–H groups in total. The fourth-order valence-corrected chi connectivity index (χ4v) is 5.29. The van der Waals surface area contributed by atoms with E-state index >= 15 is 0 Å². The number of likely N-dealkylation sites (tertiary alicyclic amines) is 1. The van der Waals surface area contributed by atoms with Gasteiger partial charge in [-0.2, -0.15) is 5.10 Å². The molecule has 0 unspecified atom stereocenters. The molecular formula is C26H26N4O5. The van der Waals surface area contributed by atoms with Crippen molar-refractivity contribution in [2.24, 2.45) is 0 Å². The van der Waals surface area contributed by atoms with E-state index < -0.39 is 0 Å². The number of rotatable bonds is 4. The van der Waals surface area contributed by atoms with Crippen molar-refractivity contribution in [3.63, 3.8) is 0 Å². The molecule has 9 heteroatoms. The van der Waals surface area contributed by atoms with Crippen molar-refractivity contribution in [2.45, 2.75) is 32.3 Å². The predicted molar refractivity (Wildman–Crippen MR) is 128 cm³/mol. The zero-order chi connectivity index (χ0) is 24.3. The largest absolute Gasteiger partial charge is 0.460 e. The van der Waals surface area contributed by atoms with Crippen molar-refractivity contribution in [1.82, 2.24) is 19.8 Å². The first-order chi connectivity index (χ1) is 16.9. The van der Waals surface area contributed by atoms with Gasteiger partial charge in [-0.05, 0) is 44.4 Å². The summed E-state index contributed by atoms with van der Waals surface area (Å²) in [6.07, 6.45) is 5.46. The van der Waals surface area contributed by atoms with Gasteiger partial charge in [0.15, 0.2) is 5.75 Å². The van der Waals surface area contributed by atoms with Crippen LogP contribution in [-0.2, 0) is 4.74 Å². The molecule has 5 heterocycles. The van der Waals surface area contributed by atoms with E-state index in [0.717, 1.165) is 35.9 Å². The SMILES string of the molecule is CNC(=O)c1c(C)oc2cc(Oc3ccnn4cc(C(=O)N5CC6(CCCO6)C5)c(C)c34)ccc12. The molecule has 2 aliphatic heterocycles. The van der Waals surface area contributed by atoms with Gasteiger partial charge in [0.25, 0.3) is 11.8 Å². The molecule has 9 nitrogen and oxygen atoms in total. The van der Waals surface area contributed by atoms with Gasteiger partial charge in [-0.25, -0.2) is 4.52 Å². The molecule has 0 aliphatic carbocycles. The second kappa shape index (κ2) is 7.84. The van der Waals surface area contributed by atoms with E-state index in [2.05, 4.69) is 10.4 Å². The van der Waals surface area contributed by atoms with E-state index in [1.807, 2.05) is 17.9 Å². The van der Waals surface area contributed by atoms with Crippen LogP contribution in [0.5, 0.6) is 11.5 Å². The van der Waals surface area contributed by atoms with Crippen LogP contribution in [0.15, 0.2) is 41.1 Å². The zero-order valence-electron chi connectivity index (χ0n) is 19.9. The minimum Gasteiger partial charge on any atom is -0.460 e. The van der Waals surface area contributed by atoms with Gasteiger partial charge in [0, 0.05) is 37.4 Å². The normalized spacial score (nSPS) is 16.7. The quantitative estimate of drug-likeness (QED) is 0.482. The average Bonchev–Trinajstić information content (AvgIpc) is 3.53. The molecule has 2 fully saturated rings. The molecule has 6 rings (SSSR count). The molecule has 4 aromatic rings. The Morgan fingerprint density at radius 2 is 2.03 bits per heavy atom. The van der Waals surface area contributed by atoms with Crippen molar-refractivity contribution in [1.29, 1.82) is 0 Å². The lowest BCUT2D eigenvalue weighted by atomic mass is 9.90. The van der Waals surface area contributed by atoms with E-state index in [0.29, 0.717) is 47.1 Å². The Morgan fingerprint density at radius 3 is 2.77 bits per heavy atom. The van der Waals surface area contributed by atoms with Crippen molar-refractivity contribution < 1.29 is 23.5 Å². The lowest BCUT2D eigenvalue weighted by Gasteiger charge is -2.47. The van der Waals surface area contributed by atoms with Gasteiger partial charge in [0.05, 0.1) is 30.4 Å². The molecule has 2 aliphatic rings. The van der Waals surface area contributed by atoms with Crippen LogP contribution in [0.3, 0.4) is 0 Å². The maximum Gasteiger partial charge on any atom is 0.255 e. The number of hydrogen-bond donors (Lipinski definition) is 1. The second-order valence-corrected chi connectivity index (χ2v) is 9.33. The molecule has 0 bridgehead atoms. The van der Waals surface area contributed by atoms with Crippen LogP contribution in [0.2, 0.25) is 0 Å². The van der Waals surface area contributed by atoms with Gasteiger partial charge in [0.2, 0.25) is 0 Å². The first-order valence-electron chi connectivity index (χ1n) is 11.7. The number of carbonyl (C=O) groups is 2. The second-order valence-electron chi connectivity index (χ2n) is 9.33. The summed E-state index contributed by atoms with van der Waals surface area (Å²) in [6, 6.07) is 7.15. The average molecular weight is 475 g/mol. The maximum atomic E-state index is 13.2. The van der Waals surface area contributed by atoms with Crippen molar-refractivity contribution >= 4 is 28.3 Å². The van der Waals surface area contributed by atoms with Gasteiger partial charge in [0.1, 0.15) is 28.2 Å². The van der Waals surface area contributed by atoms with Crippen LogP contribution in [0.1, 0.15) is 44.9 Å². The Morgan fingerprint density at radius 1 is 1.20 bits per heavy atom. The Balaban J connectivity index is 1.30. The van der Waals surface area contributed by atoms with Crippen molar-refractivity contribution in [2.75, 3.05) is 26.7 Å². The Hall–Kier alpha value is -3.85. The van der Waals surface area contributed by atoms with E-state index in [-0.39, 0.29) is 17.4 Å². The van der Waals surface area contributed by atoms with Crippen LogP contribution in [0.25, 0.3) is 16.5 Å². The van der Waals surface area contributed by atoms with Crippen LogP contribution >= 0.6 is 0 Å². The molecule has 2 amide bonds. The fourth-order valence-electron chi connectivity index (χ4n) is 5.29. The molecule has 0 radical (unpaired) electrons. The summed E-state index contributed by atoms with van der Waals surface area (Å²) in [5.41, 5.74) is 3.08. The number of furan rings is 1. The minimum atomic E-state index is -0.195. The molecule has 1 spiro atoms. The topological polar surface area (TPSA) is 98.3 Å². The third kappa shape index (κ3) is 3.37. The van der Waals surface area contributed by atoms with Gasteiger partial charge >= 0.3 is 0 Å². The van der Waals surface area contributed by atoms with Crippen LogP contribution in [-0.4, -0.2) is 58.7 Å². The first kappa shape index (κ1) is 21.7. The number of benzene rings is 1. The summed E-state index contributed by atoms with van der Waals surface area (Å²) < 4.78 is 19.6. The smallest absolute Gasteiger partial charge is 0.255 e. The highest BCUT2D eigenvalue weighted by Gasteiger charge is 2.48. The number of aryl methyl sites for hydroxylation is 2. The summed E-state index contributed by atoms with van der Waals surface area (Å²) in [7, 11) is 1.59. The Bertz CT molecular complexity index is 1490. The number of aromatic nitrogens is 2. The maximum absolute atomic E-state index is 13.2. The predicted octanol–water partition coefficient (Wildman–Crippen LogP) is 3.85. The summed E-state index contributed by atoms with van der Waals surface area (Å²) >= 11 is 0. The third-order valence-electron chi connectivity index (χ3n) is 7.07. The number of ether oxygens (including phenoxy) is 2. The highest BCUT2D eigenvalue weighted by atomic mass is 16.5. The number of fused-ring (bicyclic) bond motifs is 2. The van der Waals surface area contributed by atoms with Gasteiger partial charge in [-0.1, -0.05) is 0 Å². The van der Waals surface area contributed by atoms with Gasteiger partial charge in [-0.3, -0.25) is 9.59 Å². The number of nitrogens with zero attached hydrogens (tertiary/aromatic N) is 3. The summed E-state index contributed by atoms with van der Waals surface area (Å²) in [6.45, 7) is 5.72. The van der Waals surface area contributed by atoms with E-state index in [9.17, 15) is 9.59 Å². The van der Waals surface area contributed by atoms with Gasteiger partial charge in [-0.15, -0.1) is 0 Å².